The van der Waals surface area contributed by atoms with Crippen molar-refractivity contribution in [2.45, 2.75) is 64.3 Å². The van der Waals surface area contributed by atoms with Crippen LogP contribution in [0.3, 0.4) is 0 Å². The number of esters is 1. The molecule has 0 aliphatic carbocycles. The third kappa shape index (κ3) is 7.09. The first-order chi connectivity index (χ1) is 17.7. The van der Waals surface area contributed by atoms with Gasteiger partial charge in [0.15, 0.2) is 0 Å². The van der Waals surface area contributed by atoms with E-state index in [0.717, 1.165) is 21.9 Å². The largest absolute Gasteiger partial charge is 0.459 e. The van der Waals surface area contributed by atoms with Crippen molar-refractivity contribution < 1.29 is 23.9 Å². The summed E-state index contributed by atoms with van der Waals surface area (Å²) < 4.78 is 11.0. The summed E-state index contributed by atoms with van der Waals surface area (Å²) in [6, 6.07) is 21.8. The summed E-state index contributed by atoms with van der Waals surface area (Å²) in [5.74, 6) is -0.755. The number of hydrogen-bond acceptors (Lipinski definition) is 5. The second-order valence-corrected chi connectivity index (χ2v) is 10.4. The maximum atomic E-state index is 13.8. The van der Waals surface area contributed by atoms with Gasteiger partial charge in [0, 0.05) is 13.0 Å². The highest BCUT2D eigenvalue weighted by atomic mass is 16.6. The first-order valence-electron chi connectivity index (χ1n) is 12.7. The molecule has 1 aliphatic rings. The van der Waals surface area contributed by atoms with E-state index in [1.54, 1.807) is 20.8 Å². The Morgan fingerprint density at radius 2 is 1.65 bits per heavy atom. The van der Waals surface area contributed by atoms with Gasteiger partial charge in [-0.2, -0.15) is 0 Å². The van der Waals surface area contributed by atoms with Crippen molar-refractivity contribution >= 4 is 28.7 Å². The van der Waals surface area contributed by atoms with Crippen LogP contribution in [0.15, 0.2) is 72.8 Å². The van der Waals surface area contributed by atoms with Crippen molar-refractivity contribution in [1.29, 1.82) is 0 Å². The van der Waals surface area contributed by atoms with Gasteiger partial charge in [-0.15, -0.1) is 0 Å². The number of carbonyl (C=O) groups is 3. The molecule has 37 heavy (non-hydrogen) atoms. The highest BCUT2D eigenvalue weighted by Crippen LogP contribution is 2.23. The van der Waals surface area contributed by atoms with Gasteiger partial charge in [0.2, 0.25) is 5.91 Å². The SMILES string of the molecule is CC(C)(C)OC(=O)NC(Cc1ccc2ccccc2c1)C(=O)N1CCC[C@@H]1C(=O)OCc1ccccc1. The third-order valence-corrected chi connectivity index (χ3v) is 6.27. The number of likely N-dealkylation sites (tertiary alicyclic amines) is 1. The van der Waals surface area contributed by atoms with Crippen molar-refractivity contribution in [3.63, 3.8) is 0 Å². The number of benzene rings is 3. The number of amides is 2. The van der Waals surface area contributed by atoms with E-state index in [4.69, 9.17) is 9.47 Å². The van der Waals surface area contributed by atoms with Crippen LogP contribution in [0.5, 0.6) is 0 Å². The van der Waals surface area contributed by atoms with E-state index in [0.29, 0.717) is 19.4 Å². The third-order valence-electron chi connectivity index (χ3n) is 6.27. The molecule has 2 atom stereocenters. The van der Waals surface area contributed by atoms with Gasteiger partial charge in [0.05, 0.1) is 0 Å². The van der Waals surface area contributed by atoms with Crippen LogP contribution >= 0.6 is 0 Å². The van der Waals surface area contributed by atoms with Gasteiger partial charge < -0.3 is 19.7 Å². The first kappa shape index (κ1) is 26.2. The summed E-state index contributed by atoms with van der Waals surface area (Å²) in [7, 11) is 0. The number of hydrogen-bond donors (Lipinski definition) is 1. The van der Waals surface area contributed by atoms with Crippen LogP contribution in [0, 0.1) is 0 Å². The minimum absolute atomic E-state index is 0.148. The number of nitrogens with zero attached hydrogens (tertiary/aromatic N) is 1. The molecule has 0 radical (unpaired) electrons. The number of nitrogens with one attached hydrogen (secondary N) is 1. The van der Waals surface area contributed by atoms with Gasteiger partial charge in [-0.25, -0.2) is 9.59 Å². The second-order valence-electron chi connectivity index (χ2n) is 10.4. The van der Waals surface area contributed by atoms with Gasteiger partial charge >= 0.3 is 12.1 Å². The summed E-state index contributed by atoms with van der Waals surface area (Å²) in [5, 5.41) is 4.90. The molecular weight excluding hydrogens is 468 g/mol. The molecule has 1 saturated heterocycles. The zero-order chi connectivity index (χ0) is 26.4. The molecule has 3 aromatic rings. The van der Waals surface area contributed by atoms with E-state index in [9.17, 15) is 14.4 Å². The molecule has 7 nitrogen and oxygen atoms in total. The van der Waals surface area contributed by atoms with Gasteiger partial charge in [0.25, 0.3) is 0 Å². The predicted octanol–water partition coefficient (Wildman–Crippen LogP) is 5.01. The first-order valence-corrected chi connectivity index (χ1v) is 12.7. The quantitative estimate of drug-likeness (QED) is 0.459. The zero-order valence-electron chi connectivity index (χ0n) is 21.6. The van der Waals surface area contributed by atoms with Crippen LogP contribution in [-0.2, 0) is 32.1 Å². The number of carbonyl (C=O) groups excluding carboxylic acids is 3. The fraction of sp³-hybridized carbons (Fsp3) is 0.367. The van der Waals surface area contributed by atoms with Crippen molar-refractivity contribution in [3.05, 3.63) is 83.9 Å². The van der Waals surface area contributed by atoms with Crippen molar-refractivity contribution in [2.24, 2.45) is 0 Å². The molecule has 1 heterocycles. The Bertz CT molecular complexity index is 1250. The Morgan fingerprint density at radius 1 is 0.946 bits per heavy atom. The molecular formula is C30H34N2O5. The topological polar surface area (TPSA) is 84.9 Å². The molecule has 3 aromatic carbocycles. The van der Waals surface area contributed by atoms with Crippen LogP contribution in [0.2, 0.25) is 0 Å². The van der Waals surface area contributed by atoms with E-state index in [-0.39, 0.29) is 18.9 Å². The van der Waals surface area contributed by atoms with E-state index in [1.807, 2.05) is 72.8 Å². The fourth-order valence-electron chi connectivity index (χ4n) is 4.55. The van der Waals surface area contributed by atoms with E-state index in [2.05, 4.69) is 5.32 Å². The number of rotatable bonds is 7. The fourth-order valence-corrected chi connectivity index (χ4v) is 4.55. The summed E-state index contributed by atoms with van der Waals surface area (Å²) in [6.07, 6.45) is 0.806. The summed E-state index contributed by atoms with van der Waals surface area (Å²) in [5.41, 5.74) is 1.07. The van der Waals surface area contributed by atoms with Crippen LogP contribution in [0.4, 0.5) is 4.79 Å². The van der Waals surface area contributed by atoms with Crippen molar-refractivity contribution in [2.75, 3.05) is 6.54 Å². The molecule has 2 amide bonds. The molecule has 0 spiro atoms. The van der Waals surface area contributed by atoms with Crippen LogP contribution in [-0.4, -0.2) is 47.1 Å². The lowest BCUT2D eigenvalue weighted by Gasteiger charge is -2.29. The monoisotopic (exact) mass is 502 g/mol. The van der Waals surface area contributed by atoms with Gasteiger partial charge in [-0.05, 0) is 55.5 Å². The highest BCUT2D eigenvalue weighted by Gasteiger charge is 2.39. The Labute approximate surface area is 217 Å². The zero-order valence-corrected chi connectivity index (χ0v) is 21.6. The molecule has 1 fully saturated rings. The Morgan fingerprint density at radius 3 is 2.38 bits per heavy atom. The number of fused-ring (bicyclic) bond motifs is 1. The van der Waals surface area contributed by atoms with Crippen LogP contribution in [0.25, 0.3) is 10.8 Å². The van der Waals surface area contributed by atoms with E-state index in [1.165, 1.54) is 4.90 Å². The maximum Gasteiger partial charge on any atom is 0.408 e. The molecule has 7 heteroatoms. The molecule has 0 bridgehead atoms. The average Bonchev–Trinajstić information content (AvgIpc) is 3.36. The number of alkyl carbamates (subject to hydrolysis) is 1. The maximum absolute atomic E-state index is 13.8. The number of ether oxygens (including phenoxy) is 2. The normalized spacial score (nSPS) is 16.3. The summed E-state index contributed by atoms with van der Waals surface area (Å²) >= 11 is 0. The summed E-state index contributed by atoms with van der Waals surface area (Å²) in [6.45, 7) is 5.88. The van der Waals surface area contributed by atoms with Gasteiger partial charge in [0.1, 0.15) is 24.3 Å². The van der Waals surface area contributed by atoms with Crippen LogP contribution in [0.1, 0.15) is 44.7 Å². The van der Waals surface area contributed by atoms with E-state index < -0.39 is 29.7 Å². The van der Waals surface area contributed by atoms with E-state index >= 15 is 0 Å². The molecule has 1 N–H and O–H groups in total. The molecule has 0 aromatic heterocycles. The lowest BCUT2D eigenvalue weighted by Crippen LogP contribution is -2.53. The Hall–Kier alpha value is -3.87. The smallest absolute Gasteiger partial charge is 0.408 e. The van der Waals surface area contributed by atoms with Crippen LogP contribution < -0.4 is 5.32 Å². The van der Waals surface area contributed by atoms with Gasteiger partial charge in [-0.3, -0.25) is 4.79 Å². The lowest BCUT2D eigenvalue weighted by atomic mass is 10.0. The standard InChI is InChI=1S/C30H34N2O5/c1-30(2,3)37-29(35)31-25(19-22-15-16-23-12-7-8-13-24(23)18-22)27(33)32-17-9-14-26(32)28(34)36-20-21-10-5-4-6-11-21/h4-8,10-13,15-16,18,25-26H,9,14,17,19-20H2,1-3H3,(H,31,35)/t25?,26-/m1/s1. The highest BCUT2D eigenvalue weighted by molar-refractivity contribution is 5.91. The Kier molecular flexibility index (Phi) is 8.11. The minimum Gasteiger partial charge on any atom is -0.459 e. The van der Waals surface area contributed by atoms with Crippen molar-refractivity contribution in [3.8, 4) is 0 Å². The molecule has 194 valence electrons. The van der Waals surface area contributed by atoms with Gasteiger partial charge in [-0.1, -0.05) is 72.8 Å². The summed E-state index contributed by atoms with van der Waals surface area (Å²) in [4.78, 5) is 40.9. The molecule has 4 rings (SSSR count). The molecule has 1 aliphatic heterocycles. The lowest BCUT2D eigenvalue weighted by molar-refractivity contribution is -0.155. The second kappa shape index (κ2) is 11.5. The predicted molar refractivity (Wildman–Crippen MR) is 142 cm³/mol. The Balaban J connectivity index is 1.51. The van der Waals surface area contributed by atoms with Crippen molar-refractivity contribution in [1.82, 2.24) is 10.2 Å². The minimum atomic E-state index is -0.890. The molecule has 0 saturated carbocycles. The molecule has 1 unspecified atom stereocenters. The average molecular weight is 503 g/mol.